The highest BCUT2D eigenvalue weighted by molar-refractivity contribution is 7.99. The summed E-state index contributed by atoms with van der Waals surface area (Å²) in [4.78, 5) is 1.16. The Morgan fingerprint density at radius 3 is 3.05 bits per heavy atom. The topological polar surface area (TPSA) is 59.0 Å². The minimum Gasteiger partial charge on any atom is -0.496 e. The second-order valence-electron chi connectivity index (χ2n) is 5.03. The van der Waals surface area contributed by atoms with Gasteiger partial charge in [0.05, 0.1) is 13.2 Å². The Labute approximate surface area is 119 Å². The third-order valence-electron chi connectivity index (χ3n) is 3.87. The number of para-hydroxylation sites is 1. The fourth-order valence-electron chi connectivity index (χ4n) is 2.70. The van der Waals surface area contributed by atoms with Gasteiger partial charge in [-0.2, -0.15) is 5.26 Å². The molecule has 102 valence electrons. The van der Waals surface area contributed by atoms with Crippen molar-refractivity contribution in [3.05, 3.63) is 24.3 Å². The molecule has 2 unspecified atom stereocenters. The molecular weight excluding hydrogens is 256 g/mol. The smallest absolute Gasteiger partial charge is 0.132 e. The molecule has 2 atom stereocenters. The molecule has 1 aliphatic rings. The van der Waals surface area contributed by atoms with Gasteiger partial charge in [-0.3, -0.25) is 0 Å². The number of methoxy groups -OCH3 is 1. The van der Waals surface area contributed by atoms with Gasteiger partial charge in [-0.05, 0) is 43.1 Å². The Kier molecular flexibility index (Phi) is 4.73. The molecule has 1 saturated carbocycles. The summed E-state index contributed by atoms with van der Waals surface area (Å²) in [6, 6.07) is 10.3. The van der Waals surface area contributed by atoms with E-state index in [1.165, 1.54) is 0 Å². The molecule has 2 rings (SSSR count). The van der Waals surface area contributed by atoms with Crippen LogP contribution in [0.15, 0.2) is 29.2 Å². The molecule has 1 aliphatic carbocycles. The van der Waals surface area contributed by atoms with E-state index in [1.807, 2.05) is 18.2 Å². The van der Waals surface area contributed by atoms with Crippen LogP contribution in [0.4, 0.5) is 0 Å². The SMILES string of the molecule is COc1ccccc1SCCC1CCCC1(N)C#N. The summed E-state index contributed by atoms with van der Waals surface area (Å²) in [5.74, 6) is 2.23. The van der Waals surface area contributed by atoms with E-state index in [1.54, 1.807) is 18.9 Å². The summed E-state index contributed by atoms with van der Waals surface area (Å²) >= 11 is 1.78. The second kappa shape index (κ2) is 6.31. The van der Waals surface area contributed by atoms with Crippen LogP contribution in [0.2, 0.25) is 0 Å². The van der Waals surface area contributed by atoms with Crippen molar-refractivity contribution in [3.8, 4) is 11.8 Å². The van der Waals surface area contributed by atoms with Gasteiger partial charge in [-0.25, -0.2) is 0 Å². The monoisotopic (exact) mass is 276 g/mol. The van der Waals surface area contributed by atoms with Gasteiger partial charge in [0.1, 0.15) is 11.3 Å². The van der Waals surface area contributed by atoms with Gasteiger partial charge >= 0.3 is 0 Å². The van der Waals surface area contributed by atoms with Crippen molar-refractivity contribution in [3.63, 3.8) is 0 Å². The number of hydrogen-bond acceptors (Lipinski definition) is 4. The Morgan fingerprint density at radius 1 is 1.53 bits per heavy atom. The summed E-state index contributed by atoms with van der Waals surface area (Å²) in [7, 11) is 1.69. The summed E-state index contributed by atoms with van der Waals surface area (Å²) in [6.07, 6.45) is 3.99. The first-order chi connectivity index (χ1) is 9.19. The molecule has 0 spiro atoms. The summed E-state index contributed by atoms with van der Waals surface area (Å²) in [6.45, 7) is 0. The molecule has 1 aromatic rings. The molecule has 0 aromatic heterocycles. The summed E-state index contributed by atoms with van der Waals surface area (Å²) < 4.78 is 5.33. The highest BCUT2D eigenvalue weighted by Gasteiger charge is 2.39. The first-order valence-corrected chi connectivity index (χ1v) is 7.64. The highest BCUT2D eigenvalue weighted by atomic mass is 32.2. The average molecular weight is 276 g/mol. The van der Waals surface area contributed by atoms with E-state index in [4.69, 9.17) is 10.5 Å². The lowest BCUT2D eigenvalue weighted by molar-refractivity contribution is 0.388. The first-order valence-electron chi connectivity index (χ1n) is 6.65. The number of nitrogens with two attached hydrogens (primary N) is 1. The summed E-state index contributed by atoms with van der Waals surface area (Å²) in [5, 5.41) is 9.19. The van der Waals surface area contributed by atoms with Crippen molar-refractivity contribution in [2.45, 2.75) is 36.1 Å². The van der Waals surface area contributed by atoms with Crippen LogP contribution in [0.5, 0.6) is 5.75 Å². The Morgan fingerprint density at radius 2 is 2.32 bits per heavy atom. The zero-order valence-corrected chi connectivity index (χ0v) is 12.1. The third kappa shape index (κ3) is 3.23. The molecule has 0 aliphatic heterocycles. The van der Waals surface area contributed by atoms with Crippen LogP contribution in [0, 0.1) is 17.2 Å². The number of hydrogen-bond donors (Lipinski definition) is 1. The Balaban J connectivity index is 1.89. The van der Waals surface area contributed by atoms with Gasteiger partial charge in [0.25, 0.3) is 0 Å². The van der Waals surface area contributed by atoms with Gasteiger partial charge in [-0.15, -0.1) is 11.8 Å². The Bertz CT molecular complexity index is 471. The van der Waals surface area contributed by atoms with Crippen molar-refractivity contribution in [1.82, 2.24) is 0 Å². The van der Waals surface area contributed by atoms with E-state index in [0.29, 0.717) is 5.92 Å². The molecule has 0 bridgehead atoms. The molecule has 3 nitrogen and oxygen atoms in total. The number of nitriles is 1. The molecule has 0 radical (unpaired) electrons. The number of rotatable bonds is 5. The fraction of sp³-hybridized carbons (Fsp3) is 0.533. The maximum atomic E-state index is 9.19. The van der Waals surface area contributed by atoms with E-state index in [2.05, 4.69) is 12.1 Å². The average Bonchev–Trinajstić information content (AvgIpc) is 2.81. The molecule has 0 amide bonds. The number of nitrogens with zero attached hydrogens (tertiary/aromatic N) is 1. The second-order valence-corrected chi connectivity index (χ2v) is 6.17. The zero-order chi connectivity index (χ0) is 13.7. The predicted octanol–water partition coefficient (Wildman–Crippen LogP) is 3.20. The molecule has 1 aromatic carbocycles. The molecule has 0 heterocycles. The quantitative estimate of drug-likeness (QED) is 0.839. The molecular formula is C15H20N2OS. The maximum absolute atomic E-state index is 9.19. The molecule has 2 N–H and O–H groups in total. The minimum atomic E-state index is -0.596. The molecule has 0 saturated heterocycles. The minimum absolute atomic E-state index is 0.333. The van der Waals surface area contributed by atoms with Crippen LogP contribution < -0.4 is 10.5 Å². The van der Waals surface area contributed by atoms with Crippen molar-refractivity contribution in [2.24, 2.45) is 11.7 Å². The standard InChI is InChI=1S/C15H20N2OS/c1-18-13-6-2-3-7-14(13)19-10-8-12-5-4-9-15(12,17)11-16/h2-3,6-7,12H,4-5,8-10,17H2,1H3. The highest BCUT2D eigenvalue weighted by Crippen LogP contribution is 2.38. The van der Waals surface area contributed by atoms with E-state index >= 15 is 0 Å². The van der Waals surface area contributed by atoms with E-state index in [9.17, 15) is 5.26 Å². The fourth-order valence-corrected chi connectivity index (χ4v) is 3.79. The van der Waals surface area contributed by atoms with Crippen LogP contribution in [-0.2, 0) is 0 Å². The van der Waals surface area contributed by atoms with Gasteiger partial charge in [0.15, 0.2) is 0 Å². The molecule has 4 heteroatoms. The van der Waals surface area contributed by atoms with E-state index < -0.39 is 5.54 Å². The van der Waals surface area contributed by atoms with Crippen LogP contribution in [0.25, 0.3) is 0 Å². The lowest BCUT2D eigenvalue weighted by atomic mass is 9.88. The van der Waals surface area contributed by atoms with Gasteiger partial charge < -0.3 is 10.5 Å². The molecule has 1 fully saturated rings. The number of benzene rings is 1. The number of ether oxygens (including phenoxy) is 1. The molecule has 19 heavy (non-hydrogen) atoms. The lowest BCUT2D eigenvalue weighted by Crippen LogP contribution is -2.41. The van der Waals surface area contributed by atoms with E-state index in [-0.39, 0.29) is 0 Å². The summed E-state index contributed by atoms with van der Waals surface area (Å²) in [5.41, 5.74) is 5.55. The largest absolute Gasteiger partial charge is 0.496 e. The Hall–Kier alpha value is -1.18. The van der Waals surface area contributed by atoms with Crippen molar-refractivity contribution < 1.29 is 4.74 Å². The number of thioether (sulfide) groups is 1. The van der Waals surface area contributed by atoms with Crippen LogP contribution in [0.3, 0.4) is 0 Å². The van der Waals surface area contributed by atoms with E-state index in [0.717, 1.165) is 42.1 Å². The third-order valence-corrected chi connectivity index (χ3v) is 4.96. The van der Waals surface area contributed by atoms with Crippen LogP contribution in [0.1, 0.15) is 25.7 Å². The van der Waals surface area contributed by atoms with Crippen molar-refractivity contribution in [1.29, 1.82) is 5.26 Å². The lowest BCUT2D eigenvalue weighted by Gasteiger charge is -2.23. The predicted molar refractivity (Wildman–Crippen MR) is 78.2 cm³/mol. The van der Waals surface area contributed by atoms with Gasteiger partial charge in [0.2, 0.25) is 0 Å². The van der Waals surface area contributed by atoms with Crippen LogP contribution >= 0.6 is 11.8 Å². The normalized spacial score (nSPS) is 26.1. The van der Waals surface area contributed by atoms with Crippen LogP contribution in [-0.4, -0.2) is 18.4 Å². The first kappa shape index (κ1) is 14.2. The van der Waals surface area contributed by atoms with Crippen molar-refractivity contribution >= 4 is 11.8 Å². The van der Waals surface area contributed by atoms with Crippen molar-refractivity contribution in [2.75, 3.05) is 12.9 Å². The van der Waals surface area contributed by atoms with Gasteiger partial charge in [0, 0.05) is 4.90 Å². The maximum Gasteiger partial charge on any atom is 0.132 e. The zero-order valence-electron chi connectivity index (χ0n) is 11.3. The van der Waals surface area contributed by atoms with Gasteiger partial charge in [-0.1, -0.05) is 18.6 Å².